The summed E-state index contributed by atoms with van der Waals surface area (Å²) in [4.78, 5) is 17.4. The van der Waals surface area contributed by atoms with Crippen LogP contribution in [0.2, 0.25) is 10.2 Å². The quantitative estimate of drug-likeness (QED) is 0.807. The average Bonchev–Trinajstić information content (AvgIpc) is 2.95. The topological polar surface area (TPSA) is 42.0 Å². The fraction of sp³-hybridized carbons (Fsp3) is 0.286. The summed E-state index contributed by atoms with van der Waals surface area (Å²) in [6.07, 6.45) is 1.84. The third-order valence-electron chi connectivity index (χ3n) is 2.80. The number of rotatable bonds is 5. The van der Waals surface area contributed by atoms with Gasteiger partial charge in [-0.15, -0.1) is 11.3 Å². The summed E-state index contributed by atoms with van der Waals surface area (Å²) < 4.78 is 0. The van der Waals surface area contributed by atoms with Gasteiger partial charge < -0.3 is 5.32 Å². The third kappa shape index (κ3) is 3.72. The maximum absolute atomic E-state index is 12.3. The lowest BCUT2D eigenvalue weighted by Gasteiger charge is -2.16. The molecule has 1 unspecified atom stereocenters. The van der Waals surface area contributed by atoms with Crippen LogP contribution in [0.3, 0.4) is 0 Å². The Kier molecular flexibility index (Phi) is 5.40. The minimum Gasteiger partial charge on any atom is -0.343 e. The zero-order valence-electron chi connectivity index (χ0n) is 10.9. The number of amides is 1. The van der Waals surface area contributed by atoms with Crippen molar-refractivity contribution >= 4 is 40.4 Å². The average molecular weight is 329 g/mol. The second kappa shape index (κ2) is 7.07. The molecule has 2 aromatic rings. The van der Waals surface area contributed by atoms with Gasteiger partial charge in [0, 0.05) is 4.88 Å². The lowest BCUT2D eigenvalue weighted by molar-refractivity contribution is 0.0930. The normalized spacial score (nSPS) is 12.2. The molecule has 0 saturated heterocycles. The molecule has 0 aromatic carbocycles. The molecule has 2 heterocycles. The number of hydrogen-bond acceptors (Lipinski definition) is 3. The molecule has 0 fully saturated rings. The number of hydrogen-bond donors (Lipinski definition) is 1. The molecule has 1 N–H and O–H groups in total. The number of nitrogens with one attached hydrogen (secondary N) is 1. The first-order valence-electron chi connectivity index (χ1n) is 6.28. The highest BCUT2D eigenvalue weighted by Gasteiger charge is 2.19. The third-order valence-corrected chi connectivity index (χ3v) is 4.30. The van der Waals surface area contributed by atoms with Gasteiger partial charge >= 0.3 is 0 Å². The van der Waals surface area contributed by atoms with Gasteiger partial charge in [0.15, 0.2) is 0 Å². The lowest BCUT2D eigenvalue weighted by atomic mass is 10.1. The fourth-order valence-electron chi connectivity index (χ4n) is 1.87. The standard InChI is InChI=1S/C14H14Cl2N2OS/c1-2-4-10(11-5-3-8-20-11)17-14(19)13-9(15)6-7-12(16)18-13/h3,5-8,10H,2,4H2,1H3,(H,17,19). The molecule has 2 aromatic heterocycles. The highest BCUT2D eigenvalue weighted by atomic mass is 35.5. The van der Waals surface area contributed by atoms with Gasteiger partial charge in [0.25, 0.3) is 5.91 Å². The first-order valence-corrected chi connectivity index (χ1v) is 7.91. The zero-order valence-corrected chi connectivity index (χ0v) is 13.2. The van der Waals surface area contributed by atoms with E-state index in [2.05, 4.69) is 17.2 Å². The molecule has 2 rings (SSSR count). The molecule has 106 valence electrons. The van der Waals surface area contributed by atoms with Gasteiger partial charge in [-0.25, -0.2) is 4.98 Å². The van der Waals surface area contributed by atoms with Crippen LogP contribution in [0, 0.1) is 0 Å². The Morgan fingerprint density at radius 2 is 2.20 bits per heavy atom. The van der Waals surface area contributed by atoms with Crippen LogP contribution in [0.1, 0.15) is 41.2 Å². The van der Waals surface area contributed by atoms with Crippen molar-refractivity contribution in [1.29, 1.82) is 0 Å². The first-order chi connectivity index (χ1) is 9.61. The van der Waals surface area contributed by atoms with Crippen molar-refractivity contribution in [3.63, 3.8) is 0 Å². The zero-order chi connectivity index (χ0) is 14.5. The molecule has 0 bridgehead atoms. The number of pyridine rings is 1. The molecule has 20 heavy (non-hydrogen) atoms. The van der Waals surface area contributed by atoms with Crippen LogP contribution in [0.25, 0.3) is 0 Å². The van der Waals surface area contributed by atoms with Gasteiger partial charge in [-0.2, -0.15) is 0 Å². The summed E-state index contributed by atoms with van der Waals surface area (Å²) in [6.45, 7) is 2.08. The van der Waals surface area contributed by atoms with E-state index in [1.165, 1.54) is 0 Å². The minimum absolute atomic E-state index is 0.0238. The van der Waals surface area contributed by atoms with Crippen LogP contribution in [-0.4, -0.2) is 10.9 Å². The van der Waals surface area contributed by atoms with E-state index in [0.717, 1.165) is 17.7 Å². The maximum atomic E-state index is 12.3. The number of halogens is 2. The van der Waals surface area contributed by atoms with Crippen LogP contribution in [0.15, 0.2) is 29.6 Å². The lowest BCUT2D eigenvalue weighted by Crippen LogP contribution is -2.29. The minimum atomic E-state index is -0.302. The van der Waals surface area contributed by atoms with Crippen LogP contribution in [-0.2, 0) is 0 Å². The fourth-order valence-corrected chi connectivity index (χ4v) is 3.02. The molecule has 0 saturated carbocycles. The summed E-state index contributed by atoms with van der Waals surface area (Å²) in [7, 11) is 0. The van der Waals surface area contributed by atoms with Crippen molar-refractivity contribution in [2.75, 3.05) is 0 Å². The molecule has 0 radical (unpaired) electrons. The molecule has 3 nitrogen and oxygen atoms in total. The van der Waals surface area contributed by atoms with Crippen molar-refractivity contribution in [3.05, 3.63) is 50.4 Å². The summed E-state index contributed by atoms with van der Waals surface area (Å²) >= 11 is 13.4. The predicted octanol–water partition coefficient (Wildman–Crippen LogP) is 4.72. The van der Waals surface area contributed by atoms with Gasteiger partial charge in [0.05, 0.1) is 11.1 Å². The van der Waals surface area contributed by atoms with E-state index in [9.17, 15) is 4.79 Å². The SMILES string of the molecule is CCCC(NC(=O)c1nc(Cl)ccc1Cl)c1cccs1. The second-order valence-electron chi connectivity index (χ2n) is 4.29. The van der Waals surface area contributed by atoms with E-state index in [4.69, 9.17) is 23.2 Å². The summed E-state index contributed by atoms with van der Waals surface area (Å²) in [5, 5.41) is 5.52. The van der Waals surface area contributed by atoms with E-state index in [1.807, 2.05) is 17.5 Å². The van der Waals surface area contributed by atoms with Crippen molar-refractivity contribution < 1.29 is 4.79 Å². The Balaban J connectivity index is 2.18. The molecule has 0 aliphatic heterocycles. The van der Waals surface area contributed by atoms with E-state index < -0.39 is 0 Å². The molecule has 1 atom stereocenters. The molecule has 0 spiro atoms. The van der Waals surface area contributed by atoms with Crippen LogP contribution in [0.4, 0.5) is 0 Å². The summed E-state index contributed by atoms with van der Waals surface area (Å²) in [5.41, 5.74) is 0.164. The van der Waals surface area contributed by atoms with E-state index in [1.54, 1.807) is 23.5 Å². The Morgan fingerprint density at radius 1 is 1.40 bits per heavy atom. The summed E-state index contributed by atoms with van der Waals surface area (Å²) in [5.74, 6) is -0.302. The number of carbonyl (C=O) groups excluding carboxylic acids is 1. The predicted molar refractivity (Wildman–Crippen MR) is 83.7 cm³/mol. The van der Waals surface area contributed by atoms with Crippen LogP contribution in [0.5, 0.6) is 0 Å². The van der Waals surface area contributed by atoms with Crippen molar-refractivity contribution in [2.45, 2.75) is 25.8 Å². The molecular formula is C14H14Cl2N2OS. The van der Waals surface area contributed by atoms with Crippen LogP contribution >= 0.6 is 34.5 Å². The smallest absolute Gasteiger partial charge is 0.272 e. The highest BCUT2D eigenvalue weighted by Crippen LogP contribution is 2.24. The van der Waals surface area contributed by atoms with E-state index >= 15 is 0 Å². The van der Waals surface area contributed by atoms with Gasteiger partial charge in [-0.1, -0.05) is 42.6 Å². The number of nitrogens with zero attached hydrogens (tertiary/aromatic N) is 1. The van der Waals surface area contributed by atoms with Crippen molar-refractivity contribution in [1.82, 2.24) is 10.3 Å². The van der Waals surface area contributed by atoms with Gasteiger partial charge in [0.1, 0.15) is 10.8 Å². The van der Waals surface area contributed by atoms with Gasteiger partial charge in [-0.05, 0) is 30.0 Å². The Hall–Kier alpha value is -1.10. The van der Waals surface area contributed by atoms with E-state index in [-0.39, 0.29) is 22.8 Å². The number of carbonyl (C=O) groups is 1. The van der Waals surface area contributed by atoms with E-state index in [0.29, 0.717) is 5.02 Å². The Labute approximate surface area is 131 Å². The number of thiophene rings is 1. The second-order valence-corrected chi connectivity index (χ2v) is 6.07. The number of aromatic nitrogens is 1. The van der Waals surface area contributed by atoms with Crippen molar-refractivity contribution in [3.8, 4) is 0 Å². The Bertz CT molecular complexity index is 587. The van der Waals surface area contributed by atoms with Gasteiger partial charge in [-0.3, -0.25) is 4.79 Å². The van der Waals surface area contributed by atoms with Gasteiger partial charge in [0.2, 0.25) is 0 Å². The monoisotopic (exact) mass is 328 g/mol. The Morgan fingerprint density at radius 3 is 2.85 bits per heavy atom. The molecule has 0 aliphatic carbocycles. The molecular weight excluding hydrogens is 315 g/mol. The van der Waals surface area contributed by atoms with Crippen LogP contribution < -0.4 is 5.32 Å². The highest BCUT2D eigenvalue weighted by molar-refractivity contribution is 7.10. The first kappa shape index (κ1) is 15.3. The maximum Gasteiger partial charge on any atom is 0.272 e. The van der Waals surface area contributed by atoms with Crippen molar-refractivity contribution in [2.24, 2.45) is 0 Å². The summed E-state index contributed by atoms with van der Waals surface area (Å²) in [6, 6.07) is 7.09. The molecule has 6 heteroatoms. The molecule has 0 aliphatic rings. The molecule has 1 amide bonds. The largest absolute Gasteiger partial charge is 0.343 e.